The maximum Gasteiger partial charge on any atom is 0.412 e. The molecule has 0 heterocycles. The van der Waals surface area contributed by atoms with Gasteiger partial charge in [0.2, 0.25) is 0 Å². The van der Waals surface area contributed by atoms with E-state index >= 15 is 0 Å². The maximum atomic E-state index is 12.7. The molecule has 5 heteroatoms. The van der Waals surface area contributed by atoms with E-state index in [1.807, 2.05) is 56.3 Å². The van der Waals surface area contributed by atoms with Crippen LogP contribution in [0, 0.1) is 5.41 Å². The van der Waals surface area contributed by atoms with Gasteiger partial charge < -0.3 is 14.9 Å². The van der Waals surface area contributed by atoms with Crippen LogP contribution in [0.25, 0.3) is 10.8 Å². The molecule has 0 bridgehead atoms. The van der Waals surface area contributed by atoms with Crippen molar-refractivity contribution < 1.29 is 19.7 Å². The van der Waals surface area contributed by atoms with Crippen molar-refractivity contribution in [2.75, 3.05) is 11.9 Å². The first kappa shape index (κ1) is 19.7. The lowest BCUT2D eigenvalue weighted by Gasteiger charge is -2.33. The van der Waals surface area contributed by atoms with E-state index in [1.54, 1.807) is 24.3 Å². The van der Waals surface area contributed by atoms with Crippen molar-refractivity contribution in [2.24, 2.45) is 5.41 Å². The third-order valence-electron chi connectivity index (χ3n) is 4.91. The zero-order chi connectivity index (χ0) is 20.1. The fourth-order valence-corrected chi connectivity index (χ4v) is 3.33. The number of nitrogens with one attached hydrogen (secondary N) is 1. The minimum Gasteiger partial charge on any atom is -0.508 e. The summed E-state index contributed by atoms with van der Waals surface area (Å²) >= 11 is 0. The largest absolute Gasteiger partial charge is 0.508 e. The molecule has 0 aliphatic carbocycles. The van der Waals surface area contributed by atoms with Crippen molar-refractivity contribution in [1.29, 1.82) is 0 Å². The lowest BCUT2D eigenvalue weighted by Crippen LogP contribution is -2.29. The number of hydrogen-bond acceptors (Lipinski definition) is 4. The highest BCUT2D eigenvalue weighted by molar-refractivity contribution is 6.00. The molecule has 0 fully saturated rings. The number of hydrogen-bond donors (Lipinski definition) is 3. The Labute approximate surface area is 164 Å². The number of benzene rings is 3. The number of fused-ring (bicyclic) bond motifs is 1. The highest BCUT2D eigenvalue weighted by Crippen LogP contribution is 2.40. The summed E-state index contributed by atoms with van der Waals surface area (Å²) < 4.78 is 5.80. The van der Waals surface area contributed by atoms with Gasteiger partial charge in [-0.3, -0.25) is 5.32 Å². The van der Waals surface area contributed by atoms with Crippen molar-refractivity contribution in [1.82, 2.24) is 0 Å². The summed E-state index contributed by atoms with van der Waals surface area (Å²) in [4.78, 5) is 12.7. The zero-order valence-corrected chi connectivity index (χ0v) is 16.1. The van der Waals surface area contributed by atoms with Gasteiger partial charge in [-0.15, -0.1) is 0 Å². The lowest BCUT2D eigenvalue weighted by molar-refractivity contribution is 0.0152. The van der Waals surface area contributed by atoms with Crippen molar-refractivity contribution in [3.05, 3.63) is 72.3 Å². The Balaban J connectivity index is 1.85. The first-order valence-corrected chi connectivity index (χ1v) is 9.26. The summed E-state index contributed by atoms with van der Waals surface area (Å²) in [5.41, 5.74) is 0.929. The Hall–Kier alpha value is -3.05. The molecular weight excluding hydrogens is 354 g/mol. The molecular formula is C23H25NO4. The lowest BCUT2D eigenvalue weighted by atomic mass is 9.80. The highest BCUT2D eigenvalue weighted by Gasteiger charge is 2.34. The standard InChI is InChI=1S/C23H25NO4/c1-23(2,14-15-25)21(17-10-12-18(26)13-11-17)28-22(27)24-20-9-5-7-16-6-3-4-8-19(16)20/h3-13,21,25-26H,14-15H2,1-2H3,(H,24,27)/t21-/m0/s1. The van der Waals surface area contributed by atoms with Crippen LogP contribution in [0.2, 0.25) is 0 Å². The molecule has 0 aromatic heterocycles. The normalized spacial score (nSPS) is 12.5. The number of phenols is 1. The van der Waals surface area contributed by atoms with Gasteiger partial charge in [-0.25, -0.2) is 4.79 Å². The molecule has 3 aromatic rings. The van der Waals surface area contributed by atoms with Gasteiger partial charge in [-0.1, -0.05) is 62.4 Å². The number of rotatable bonds is 6. The summed E-state index contributed by atoms with van der Waals surface area (Å²) in [6, 6.07) is 20.1. The first-order chi connectivity index (χ1) is 13.4. The van der Waals surface area contributed by atoms with Crippen LogP contribution in [-0.4, -0.2) is 22.9 Å². The van der Waals surface area contributed by atoms with Gasteiger partial charge >= 0.3 is 6.09 Å². The van der Waals surface area contributed by atoms with Crippen LogP contribution in [0.5, 0.6) is 5.75 Å². The van der Waals surface area contributed by atoms with E-state index in [1.165, 1.54) is 0 Å². The average Bonchev–Trinajstić information content (AvgIpc) is 2.67. The van der Waals surface area contributed by atoms with Gasteiger partial charge in [0.15, 0.2) is 0 Å². The third-order valence-corrected chi connectivity index (χ3v) is 4.91. The number of phenolic OH excluding ortho intramolecular Hbond substituents is 1. The van der Waals surface area contributed by atoms with Gasteiger partial charge in [0.25, 0.3) is 0 Å². The van der Waals surface area contributed by atoms with E-state index in [4.69, 9.17) is 4.74 Å². The molecule has 0 aliphatic heterocycles. The zero-order valence-electron chi connectivity index (χ0n) is 16.1. The second-order valence-corrected chi connectivity index (χ2v) is 7.49. The molecule has 1 amide bonds. The van der Waals surface area contributed by atoms with Crippen molar-refractivity contribution in [2.45, 2.75) is 26.4 Å². The average molecular weight is 379 g/mol. The Morgan fingerprint density at radius 2 is 1.71 bits per heavy atom. The van der Waals surface area contributed by atoms with E-state index in [-0.39, 0.29) is 12.4 Å². The Bertz CT molecular complexity index is 945. The van der Waals surface area contributed by atoms with E-state index in [9.17, 15) is 15.0 Å². The number of carbonyl (C=O) groups is 1. The number of aliphatic hydroxyl groups excluding tert-OH is 1. The molecule has 1 atom stereocenters. The molecule has 146 valence electrons. The number of aliphatic hydroxyl groups is 1. The number of aromatic hydroxyl groups is 1. The van der Waals surface area contributed by atoms with E-state index in [2.05, 4.69) is 5.32 Å². The molecule has 3 aromatic carbocycles. The van der Waals surface area contributed by atoms with Gasteiger partial charge in [-0.05, 0) is 35.6 Å². The fourth-order valence-electron chi connectivity index (χ4n) is 3.33. The van der Waals surface area contributed by atoms with Crippen molar-refractivity contribution >= 4 is 22.6 Å². The number of ether oxygens (including phenoxy) is 1. The predicted molar refractivity (Wildman–Crippen MR) is 110 cm³/mol. The van der Waals surface area contributed by atoms with Crippen LogP contribution in [-0.2, 0) is 4.74 Å². The van der Waals surface area contributed by atoms with Gasteiger partial charge in [0.05, 0.1) is 5.69 Å². The van der Waals surface area contributed by atoms with E-state index in [0.29, 0.717) is 12.1 Å². The summed E-state index contributed by atoms with van der Waals surface area (Å²) in [7, 11) is 0. The monoisotopic (exact) mass is 379 g/mol. The van der Waals surface area contributed by atoms with Crippen LogP contribution in [0.15, 0.2) is 66.7 Å². The van der Waals surface area contributed by atoms with E-state index < -0.39 is 17.6 Å². The minimum atomic E-state index is -0.588. The Kier molecular flexibility index (Phi) is 5.85. The topological polar surface area (TPSA) is 78.8 Å². The molecule has 5 nitrogen and oxygen atoms in total. The van der Waals surface area contributed by atoms with Gasteiger partial charge in [0.1, 0.15) is 11.9 Å². The molecule has 0 spiro atoms. The maximum absolute atomic E-state index is 12.7. The molecule has 28 heavy (non-hydrogen) atoms. The van der Waals surface area contributed by atoms with Crippen molar-refractivity contribution in [3.8, 4) is 5.75 Å². The Morgan fingerprint density at radius 3 is 2.43 bits per heavy atom. The third kappa shape index (κ3) is 4.43. The number of anilines is 1. The Morgan fingerprint density at radius 1 is 1.04 bits per heavy atom. The number of amides is 1. The van der Waals surface area contributed by atoms with Crippen LogP contribution in [0.1, 0.15) is 31.9 Å². The molecule has 3 rings (SSSR count). The van der Waals surface area contributed by atoms with Crippen LogP contribution >= 0.6 is 0 Å². The molecule has 0 radical (unpaired) electrons. The number of carbonyl (C=O) groups excluding carboxylic acids is 1. The highest BCUT2D eigenvalue weighted by atomic mass is 16.6. The molecule has 3 N–H and O–H groups in total. The fraction of sp³-hybridized carbons (Fsp3) is 0.261. The SMILES string of the molecule is CC(C)(CCO)[C@@H](OC(=O)Nc1cccc2ccccc12)c1ccc(O)cc1. The first-order valence-electron chi connectivity index (χ1n) is 9.26. The minimum absolute atomic E-state index is 0.0180. The summed E-state index contributed by atoms with van der Waals surface area (Å²) in [6.07, 6.45) is -0.698. The summed E-state index contributed by atoms with van der Waals surface area (Å²) in [6.45, 7) is 3.85. The molecule has 0 unspecified atom stereocenters. The second-order valence-electron chi connectivity index (χ2n) is 7.49. The smallest absolute Gasteiger partial charge is 0.412 e. The van der Waals surface area contributed by atoms with E-state index in [0.717, 1.165) is 16.3 Å². The summed E-state index contributed by atoms with van der Waals surface area (Å²) in [5, 5.41) is 23.8. The van der Waals surface area contributed by atoms with Crippen LogP contribution in [0.3, 0.4) is 0 Å². The van der Waals surface area contributed by atoms with Crippen LogP contribution in [0.4, 0.5) is 10.5 Å². The summed E-state index contributed by atoms with van der Waals surface area (Å²) in [5.74, 6) is 0.141. The van der Waals surface area contributed by atoms with Crippen molar-refractivity contribution in [3.63, 3.8) is 0 Å². The molecule has 0 saturated carbocycles. The molecule has 0 saturated heterocycles. The van der Waals surface area contributed by atoms with Gasteiger partial charge in [-0.2, -0.15) is 0 Å². The predicted octanol–water partition coefficient (Wildman–Crippen LogP) is 5.24. The second kappa shape index (κ2) is 8.31. The van der Waals surface area contributed by atoms with Gasteiger partial charge in [0, 0.05) is 17.4 Å². The quantitative estimate of drug-likeness (QED) is 0.547. The van der Waals surface area contributed by atoms with Crippen LogP contribution < -0.4 is 5.32 Å². The molecule has 0 aliphatic rings.